The maximum absolute atomic E-state index is 12.4. The first-order valence-corrected chi connectivity index (χ1v) is 6.78. The second kappa shape index (κ2) is 5.05. The fraction of sp³-hybridized carbons (Fsp3) is 0.176. The molecule has 106 valence electrons. The zero-order valence-corrected chi connectivity index (χ0v) is 12.2. The lowest BCUT2D eigenvalue weighted by Crippen LogP contribution is -2.12. The van der Waals surface area contributed by atoms with Crippen molar-refractivity contribution >= 4 is 22.6 Å². The molecule has 0 aliphatic heterocycles. The van der Waals surface area contributed by atoms with Gasteiger partial charge in [-0.25, -0.2) is 0 Å². The third-order valence-corrected chi connectivity index (χ3v) is 3.63. The molecule has 0 fully saturated rings. The molecular formula is C17H16N2O2. The van der Waals surface area contributed by atoms with Crippen LogP contribution < -0.4 is 5.32 Å². The number of carbonyl (C=O) groups is 1. The van der Waals surface area contributed by atoms with Crippen LogP contribution in [0.1, 0.15) is 27.2 Å². The highest BCUT2D eigenvalue weighted by Gasteiger charge is 2.19. The minimum absolute atomic E-state index is 0.242. The molecule has 3 rings (SSSR count). The summed E-state index contributed by atoms with van der Waals surface area (Å²) in [5.41, 5.74) is 4.50. The van der Waals surface area contributed by atoms with Gasteiger partial charge in [0.05, 0.1) is 0 Å². The van der Waals surface area contributed by atoms with Crippen LogP contribution in [0.3, 0.4) is 0 Å². The van der Waals surface area contributed by atoms with Crippen molar-refractivity contribution in [1.82, 2.24) is 4.98 Å². The topological polar surface area (TPSA) is 55.1 Å². The van der Waals surface area contributed by atoms with E-state index in [0.29, 0.717) is 11.4 Å². The summed E-state index contributed by atoms with van der Waals surface area (Å²) in [4.78, 5) is 16.3. The third-order valence-electron chi connectivity index (χ3n) is 3.63. The SMILES string of the molecule is Cc1ccc(C)c2c(C)c(C(=O)Nc3ccncc3)oc12. The molecule has 21 heavy (non-hydrogen) atoms. The molecular weight excluding hydrogens is 264 g/mol. The third kappa shape index (κ3) is 2.29. The second-order valence-corrected chi connectivity index (χ2v) is 5.15. The van der Waals surface area contributed by atoms with Crippen molar-refractivity contribution in [1.29, 1.82) is 0 Å². The van der Waals surface area contributed by atoms with Gasteiger partial charge in [0.1, 0.15) is 5.58 Å². The van der Waals surface area contributed by atoms with Gasteiger partial charge in [-0.3, -0.25) is 9.78 Å². The molecule has 3 aromatic rings. The number of furan rings is 1. The second-order valence-electron chi connectivity index (χ2n) is 5.15. The Bertz CT molecular complexity index is 820. The normalized spacial score (nSPS) is 10.8. The number of nitrogens with one attached hydrogen (secondary N) is 1. The molecule has 2 heterocycles. The van der Waals surface area contributed by atoms with Gasteiger partial charge < -0.3 is 9.73 Å². The number of carbonyl (C=O) groups excluding carboxylic acids is 1. The van der Waals surface area contributed by atoms with Gasteiger partial charge in [0.15, 0.2) is 5.76 Å². The number of hydrogen-bond acceptors (Lipinski definition) is 3. The largest absolute Gasteiger partial charge is 0.450 e. The summed E-state index contributed by atoms with van der Waals surface area (Å²) >= 11 is 0. The summed E-state index contributed by atoms with van der Waals surface area (Å²) in [5, 5.41) is 3.85. The lowest BCUT2D eigenvalue weighted by molar-refractivity contribution is 0.0998. The van der Waals surface area contributed by atoms with Crippen LogP contribution in [0.25, 0.3) is 11.0 Å². The number of nitrogens with zero attached hydrogens (tertiary/aromatic N) is 1. The fourth-order valence-corrected chi connectivity index (χ4v) is 2.51. The number of anilines is 1. The summed E-state index contributed by atoms with van der Waals surface area (Å²) in [5.74, 6) is 0.118. The summed E-state index contributed by atoms with van der Waals surface area (Å²) in [6, 6.07) is 7.54. The average molecular weight is 280 g/mol. The van der Waals surface area contributed by atoms with E-state index >= 15 is 0 Å². The van der Waals surface area contributed by atoms with Crippen molar-refractivity contribution < 1.29 is 9.21 Å². The highest BCUT2D eigenvalue weighted by molar-refractivity contribution is 6.07. The van der Waals surface area contributed by atoms with Gasteiger partial charge in [0.25, 0.3) is 5.91 Å². The van der Waals surface area contributed by atoms with E-state index in [2.05, 4.69) is 10.3 Å². The van der Waals surface area contributed by atoms with E-state index in [-0.39, 0.29) is 5.91 Å². The molecule has 0 radical (unpaired) electrons. The molecule has 4 nitrogen and oxygen atoms in total. The summed E-state index contributed by atoms with van der Waals surface area (Å²) in [6.07, 6.45) is 3.27. The predicted octanol–water partition coefficient (Wildman–Crippen LogP) is 4.01. The Morgan fingerprint density at radius 3 is 2.38 bits per heavy atom. The van der Waals surface area contributed by atoms with Gasteiger partial charge in [-0.05, 0) is 44.0 Å². The standard InChI is InChI=1S/C17H16N2O2/c1-10-4-5-11(2)15-14(10)12(3)16(21-15)17(20)19-13-6-8-18-9-7-13/h4-9H,1-3H3,(H,18,19,20). The van der Waals surface area contributed by atoms with Crippen LogP contribution in [0.4, 0.5) is 5.69 Å². The van der Waals surface area contributed by atoms with Crippen molar-refractivity contribution in [2.24, 2.45) is 0 Å². The molecule has 0 aliphatic carbocycles. The van der Waals surface area contributed by atoms with Gasteiger partial charge in [0.2, 0.25) is 0 Å². The summed E-state index contributed by atoms with van der Waals surface area (Å²) in [6.45, 7) is 5.92. The van der Waals surface area contributed by atoms with Crippen LogP contribution in [-0.4, -0.2) is 10.9 Å². The van der Waals surface area contributed by atoms with Gasteiger partial charge in [0, 0.05) is 29.0 Å². The lowest BCUT2D eigenvalue weighted by Gasteiger charge is -2.02. The van der Waals surface area contributed by atoms with E-state index in [1.165, 1.54) is 0 Å². The molecule has 1 N–H and O–H groups in total. The molecule has 1 amide bonds. The molecule has 0 atom stereocenters. The number of hydrogen-bond donors (Lipinski definition) is 1. The molecule has 4 heteroatoms. The van der Waals surface area contributed by atoms with Gasteiger partial charge in [-0.1, -0.05) is 12.1 Å². The first kappa shape index (κ1) is 13.4. The van der Waals surface area contributed by atoms with Gasteiger partial charge >= 0.3 is 0 Å². The highest BCUT2D eigenvalue weighted by Crippen LogP contribution is 2.30. The van der Waals surface area contributed by atoms with Crippen molar-refractivity contribution in [2.45, 2.75) is 20.8 Å². The molecule has 0 spiro atoms. The lowest BCUT2D eigenvalue weighted by atomic mass is 10.0. The first-order valence-electron chi connectivity index (χ1n) is 6.78. The van der Waals surface area contributed by atoms with Crippen LogP contribution in [0.15, 0.2) is 41.1 Å². The number of benzene rings is 1. The average Bonchev–Trinajstić information content (AvgIpc) is 2.83. The van der Waals surface area contributed by atoms with Gasteiger partial charge in [-0.15, -0.1) is 0 Å². The number of fused-ring (bicyclic) bond motifs is 1. The van der Waals surface area contributed by atoms with Crippen molar-refractivity contribution in [3.8, 4) is 0 Å². The number of aromatic nitrogens is 1. The van der Waals surface area contributed by atoms with E-state index in [1.54, 1.807) is 24.5 Å². The minimum Gasteiger partial charge on any atom is -0.450 e. The molecule has 0 saturated carbocycles. The Kier molecular flexibility index (Phi) is 3.22. The molecule has 0 saturated heterocycles. The maximum Gasteiger partial charge on any atom is 0.291 e. The van der Waals surface area contributed by atoms with Crippen LogP contribution in [0.5, 0.6) is 0 Å². The molecule has 0 aliphatic rings. The Balaban J connectivity index is 2.05. The quantitative estimate of drug-likeness (QED) is 0.771. The maximum atomic E-state index is 12.4. The van der Waals surface area contributed by atoms with Crippen LogP contribution in [0.2, 0.25) is 0 Å². The van der Waals surface area contributed by atoms with E-state index in [1.807, 2.05) is 32.9 Å². The summed E-state index contributed by atoms with van der Waals surface area (Å²) in [7, 11) is 0. The number of aryl methyl sites for hydroxylation is 3. The first-order chi connectivity index (χ1) is 10.1. The van der Waals surface area contributed by atoms with Crippen LogP contribution in [0, 0.1) is 20.8 Å². The van der Waals surface area contributed by atoms with Crippen molar-refractivity contribution in [3.05, 3.63) is 59.1 Å². The molecule has 2 aromatic heterocycles. The Hall–Kier alpha value is -2.62. The van der Waals surface area contributed by atoms with Gasteiger partial charge in [-0.2, -0.15) is 0 Å². The van der Waals surface area contributed by atoms with Crippen molar-refractivity contribution in [3.63, 3.8) is 0 Å². The molecule has 1 aromatic carbocycles. The predicted molar refractivity (Wildman–Crippen MR) is 82.6 cm³/mol. The molecule has 0 unspecified atom stereocenters. The van der Waals surface area contributed by atoms with Crippen LogP contribution >= 0.6 is 0 Å². The number of pyridine rings is 1. The van der Waals surface area contributed by atoms with E-state index in [4.69, 9.17) is 4.42 Å². The highest BCUT2D eigenvalue weighted by atomic mass is 16.3. The smallest absolute Gasteiger partial charge is 0.291 e. The summed E-state index contributed by atoms with van der Waals surface area (Å²) < 4.78 is 5.82. The Morgan fingerprint density at radius 2 is 1.71 bits per heavy atom. The number of amides is 1. The van der Waals surface area contributed by atoms with Crippen molar-refractivity contribution in [2.75, 3.05) is 5.32 Å². The van der Waals surface area contributed by atoms with E-state index in [9.17, 15) is 4.79 Å². The molecule has 0 bridgehead atoms. The van der Waals surface area contributed by atoms with E-state index in [0.717, 1.165) is 27.7 Å². The Labute approximate surface area is 122 Å². The zero-order chi connectivity index (χ0) is 15.0. The zero-order valence-electron chi connectivity index (χ0n) is 12.2. The Morgan fingerprint density at radius 1 is 1.05 bits per heavy atom. The fourth-order valence-electron chi connectivity index (χ4n) is 2.51. The number of rotatable bonds is 2. The van der Waals surface area contributed by atoms with E-state index < -0.39 is 0 Å². The minimum atomic E-state index is -0.242. The van der Waals surface area contributed by atoms with Crippen LogP contribution in [-0.2, 0) is 0 Å². The monoisotopic (exact) mass is 280 g/mol.